The number of hydrogen-bond donors (Lipinski definition) is 2. The molecule has 9 heteroatoms. The first kappa shape index (κ1) is 15.6. The van der Waals surface area contributed by atoms with E-state index in [1.807, 2.05) is 0 Å². The number of hydrogen-bond acceptors (Lipinski definition) is 5. The van der Waals surface area contributed by atoms with Crippen LogP contribution >= 0.6 is 0 Å². The molecule has 0 spiro atoms. The minimum absolute atomic E-state index is 0.0285. The molecule has 3 N–H and O–H groups in total. The number of benzene rings is 1. The van der Waals surface area contributed by atoms with Gasteiger partial charge in [0.2, 0.25) is 20.0 Å². The van der Waals surface area contributed by atoms with Crippen LogP contribution < -0.4 is 9.86 Å². The zero-order valence-corrected chi connectivity index (χ0v) is 11.7. The molecule has 0 saturated carbocycles. The van der Waals surface area contributed by atoms with Gasteiger partial charge in [-0.15, -0.1) is 0 Å². The minimum atomic E-state index is -3.76. The molecule has 1 unspecified atom stereocenters. The van der Waals surface area contributed by atoms with Crippen LogP contribution in [0.25, 0.3) is 0 Å². The van der Waals surface area contributed by atoms with Crippen LogP contribution in [0.1, 0.15) is 12.5 Å². The maximum Gasteiger partial charge on any atom is 0.238 e. The smallest absolute Gasteiger partial charge is 0.225 e. The van der Waals surface area contributed by atoms with E-state index in [1.165, 1.54) is 31.2 Å². The van der Waals surface area contributed by atoms with Crippen LogP contribution in [0.5, 0.6) is 0 Å². The van der Waals surface area contributed by atoms with E-state index in [0.29, 0.717) is 5.56 Å². The fraction of sp³-hybridized carbons (Fsp3) is 0.300. The van der Waals surface area contributed by atoms with Gasteiger partial charge in [-0.1, -0.05) is 12.1 Å². The van der Waals surface area contributed by atoms with Crippen LogP contribution in [0.3, 0.4) is 0 Å². The number of nitriles is 1. The van der Waals surface area contributed by atoms with Gasteiger partial charge in [-0.05, 0) is 24.6 Å². The predicted molar refractivity (Wildman–Crippen MR) is 68.6 cm³/mol. The molecule has 0 saturated heterocycles. The average molecular weight is 303 g/mol. The molecule has 0 aromatic heterocycles. The third-order valence-electron chi connectivity index (χ3n) is 2.38. The second-order valence-corrected chi connectivity index (χ2v) is 7.47. The molecule has 1 aromatic carbocycles. The van der Waals surface area contributed by atoms with E-state index in [4.69, 9.17) is 10.4 Å². The number of rotatable bonds is 5. The average Bonchev–Trinajstić information content (AvgIpc) is 2.35. The Morgan fingerprint density at radius 1 is 1.26 bits per heavy atom. The number of nitrogens with one attached hydrogen (secondary N) is 1. The highest BCUT2D eigenvalue weighted by molar-refractivity contribution is 7.90. The van der Waals surface area contributed by atoms with Crippen molar-refractivity contribution in [2.75, 3.05) is 0 Å². The van der Waals surface area contributed by atoms with E-state index in [-0.39, 0.29) is 11.4 Å². The molecule has 0 aliphatic carbocycles. The summed E-state index contributed by atoms with van der Waals surface area (Å²) in [7, 11) is -7.46. The summed E-state index contributed by atoms with van der Waals surface area (Å²) >= 11 is 0. The zero-order valence-electron chi connectivity index (χ0n) is 10.1. The van der Waals surface area contributed by atoms with Crippen molar-refractivity contribution in [2.45, 2.75) is 23.6 Å². The van der Waals surface area contributed by atoms with Crippen LogP contribution in [0.4, 0.5) is 0 Å². The fourth-order valence-electron chi connectivity index (χ4n) is 1.18. The van der Waals surface area contributed by atoms with Crippen molar-refractivity contribution in [2.24, 2.45) is 5.14 Å². The van der Waals surface area contributed by atoms with Gasteiger partial charge in [0, 0.05) is 6.54 Å². The van der Waals surface area contributed by atoms with Crippen molar-refractivity contribution >= 4 is 20.0 Å². The van der Waals surface area contributed by atoms with Gasteiger partial charge in [-0.25, -0.2) is 26.7 Å². The van der Waals surface area contributed by atoms with Gasteiger partial charge in [0.05, 0.1) is 11.0 Å². The third-order valence-corrected chi connectivity index (χ3v) is 4.89. The van der Waals surface area contributed by atoms with Gasteiger partial charge in [0.25, 0.3) is 0 Å². The zero-order chi connectivity index (χ0) is 14.7. The summed E-state index contributed by atoms with van der Waals surface area (Å²) in [5.74, 6) is 0. The molecule has 104 valence electrons. The van der Waals surface area contributed by atoms with Crippen molar-refractivity contribution in [3.8, 4) is 6.07 Å². The Morgan fingerprint density at radius 3 is 2.21 bits per heavy atom. The molecular weight excluding hydrogens is 290 g/mol. The predicted octanol–water partition coefficient (Wildman–Crippen LogP) is -0.335. The molecule has 1 rings (SSSR count). The Balaban J connectivity index is 2.79. The monoisotopic (exact) mass is 303 g/mol. The third kappa shape index (κ3) is 4.29. The van der Waals surface area contributed by atoms with Crippen LogP contribution in [-0.2, 0) is 26.6 Å². The van der Waals surface area contributed by atoms with Crippen molar-refractivity contribution in [1.29, 1.82) is 5.26 Å². The largest absolute Gasteiger partial charge is 0.238 e. The lowest BCUT2D eigenvalue weighted by Gasteiger charge is -2.08. The molecule has 0 fully saturated rings. The highest BCUT2D eigenvalue weighted by atomic mass is 32.2. The van der Waals surface area contributed by atoms with Crippen molar-refractivity contribution in [1.82, 2.24) is 4.72 Å². The first-order chi connectivity index (χ1) is 8.66. The standard InChI is InChI=1S/C10H13N3O4S2/c1-8(6-11)19(16,17)13-7-9-2-4-10(5-3-9)18(12,14)15/h2-5,8,13H,7H2,1H3,(H2,12,14,15). The Kier molecular flexibility index (Phi) is 4.65. The lowest BCUT2D eigenvalue weighted by Crippen LogP contribution is -2.31. The summed E-state index contributed by atoms with van der Waals surface area (Å²) in [6.45, 7) is 1.24. The Morgan fingerprint density at radius 2 is 1.79 bits per heavy atom. The number of nitrogens with two attached hydrogens (primary N) is 1. The summed E-state index contributed by atoms with van der Waals surface area (Å²) < 4.78 is 47.3. The number of primary sulfonamides is 1. The molecule has 0 heterocycles. The van der Waals surface area contributed by atoms with Gasteiger partial charge in [0.1, 0.15) is 0 Å². The van der Waals surface area contributed by atoms with Crippen molar-refractivity contribution < 1.29 is 16.8 Å². The van der Waals surface area contributed by atoms with Crippen LogP contribution in [0.15, 0.2) is 29.2 Å². The second kappa shape index (κ2) is 5.66. The molecule has 0 aliphatic rings. The molecule has 7 nitrogen and oxygen atoms in total. The molecule has 0 aliphatic heterocycles. The van der Waals surface area contributed by atoms with Crippen LogP contribution in [-0.4, -0.2) is 22.1 Å². The molecule has 1 atom stereocenters. The summed E-state index contributed by atoms with van der Waals surface area (Å²) in [6, 6.07) is 7.08. The van der Waals surface area contributed by atoms with E-state index < -0.39 is 25.3 Å². The number of sulfonamides is 2. The summed E-state index contributed by atoms with van der Waals surface area (Å²) in [4.78, 5) is -0.0514. The van der Waals surface area contributed by atoms with Crippen molar-refractivity contribution in [3.05, 3.63) is 29.8 Å². The van der Waals surface area contributed by atoms with Gasteiger partial charge < -0.3 is 0 Å². The quantitative estimate of drug-likeness (QED) is 0.768. The summed E-state index contributed by atoms with van der Waals surface area (Å²) in [6.07, 6.45) is 0. The molecule has 0 bridgehead atoms. The maximum absolute atomic E-state index is 11.5. The summed E-state index contributed by atoms with van der Waals surface area (Å²) in [5, 5.41) is 12.3. The minimum Gasteiger partial charge on any atom is -0.225 e. The van der Waals surface area contributed by atoms with E-state index >= 15 is 0 Å². The highest BCUT2D eigenvalue weighted by Crippen LogP contribution is 2.09. The molecule has 19 heavy (non-hydrogen) atoms. The summed E-state index contributed by atoms with van der Waals surface area (Å²) in [5.41, 5.74) is 0.557. The van der Waals surface area contributed by atoms with Gasteiger partial charge in [0.15, 0.2) is 5.25 Å². The molecule has 1 aromatic rings. The van der Waals surface area contributed by atoms with E-state index in [0.717, 1.165) is 0 Å². The van der Waals surface area contributed by atoms with Crippen molar-refractivity contribution in [3.63, 3.8) is 0 Å². The van der Waals surface area contributed by atoms with E-state index in [2.05, 4.69) is 4.72 Å². The van der Waals surface area contributed by atoms with E-state index in [9.17, 15) is 16.8 Å². The Labute approximate surface area is 112 Å². The lowest BCUT2D eigenvalue weighted by molar-refractivity contribution is 0.576. The Hall–Kier alpha value is -1.47. The van der Waals surface area contributed by atoms with Gasteiger partial charge in [-0.3, -0.25) is 0 Å². The highest BCUT2D eigenvalue weighted by Gasteiger charge is 2.19. The molecular formula is C10H13N3O4S2. The molecule has 0 radical (unpaired) electrons. The topological polar surface area (TPSA) is 130 Å². The van der Waals surface area contributed by atoms with Crippen LogP contribution in [0.2, 0.25) is 0 Å². The number of nitrogens with zero attached hydrogens (tertiary/aromatic N) is 1. The SMILES string of the molecule is CC(C#N)S(=O)(=O)NCc1ccc(S(N)(=O)=O)cc1. The molecule has 0 amide bonds. The first-order valence-electron chi connectivity index (χ1n) is 5.16. The van der Waals surface area contributed by atoms with Gasteiger partial charge in [-0.2, -0.15) is 5.26 Å². The second-order valence-electron chi connectivity index (χ2n) is 3.83. The maximum atomic E-state index is 11.5. The Bertz CT molecular complexity index is 687. The normalized spacial score (nSPS) is 13.7. The van der Waals surface area contributed by atoms with Gasteiger partial charge >= 0.3 is 0 Å². The lowest BCUT2D eigenvalue weighted by atomic mass is 10.2. The fourth-order valence-corrected chi connectivity index (χ4v) is 2.45. The van der Waals surface area contributed by atoms with Crippen LogP contribution in [0, 0.1) is 11.3 Å². The first-order valence-corrected chi connectivity index (χ1v) is 8.26. The van der Waals surface area contributed by atoms with E-state index in [1.54, 1.807) is 6.07 Å².